The van der Waals surface area contributed by atoms with Crippen LogP contribution in [0, 0.1) is 0 Å². The van der Waals surface area contributed by atoms with Gasteiger partial charge in [-0.05, 0) is 5.57 Å². The lowest BCUT2D eigenvalue weighted by molar-refractivity contribution is -0.140. The summed E-state index contributed by atoms with van der Waals surface area (Å²) in [6.45, 7) is 0. The molecule has 2 aliphatic rings. The molecule has 3 N–H and O–H groups in total. The number of hydrogen-bond acceptors (Lipinski definition) is 6. The molecule has 0 spiro atoms. The first-order valence-corrected chi connectivity index (χ1v) is 7.16. The monoisotopic (exact) mass is 269 g/mol. The van der Waals surface area contributed by atoms with Crippen LogP contribution in [0.4, 0.5) is 0 Å². The maximum absolute atomic E-state index is 11.5. The van der Waals surface area contributed by atoms with Crippen LogP contribution >= 0.6 is 23.5 Å². The first-order chi connectivity index (χ1) is 8.25. The predicted octanol–water partition coefficient (Wildman–Crippen LogP) is 0.0231. The van der Waals surface area contributed by atoms with Crippen molar-refractivity contribution >= 4 is 29.4 Å². The summed E-state index contributed by atoms with van der Waals surface area (Å²) in [7, 11) is 0. The fourth-order valence-corrected chi connectivity index (χ4v) is 3.85. The van der Waals surface area contributed by atoms with Gasteiger partial charge < -0.3 is 10.6 Å². The third kappa shape index (κ3) is 1.96. The molecule has 2 atom stereocenters. The number of aromatic amines is 1. The highest BCUT2D eigenvalue weighted by Crippen LogP contribution is 2.36. The van der Waals surface area contributed by atoms with Gasteiger partial charge in [0.2, 0.25) is 5.91 Å². The van der Waals surface area contributed by atoms with Gasteiger partial charge in [-0.15, -0.1) is 16.9 Å². The number of carbonyl (C=O) groups is 1. The molecular weight excluding hydrogens is 258 g/mol. The normalized spacial score (nSPS) is 27.5. The highest BCUT2D eigenvalue weighted by molar-refractivity contribution is 8.01. The van der Waals surface area contributed by atoms with Gasteiger partial charge in [0, 0.05) is 17.7 Å². The van der Waals surface area contributed by atoms with E-state index in [1.807, 2.05) is 6.20 Å². The Balaban J connectivity index is 1.62. The number of thioether (sulfide) groups is 2. The fraction of sp³-hybridized carbons (Fsp3) is 0.444. The van der Waals surface area contributed by atoms with Crippen LogP contribution in [0.3, 0.4) is 0 Å². The molecule has 1 fully saturated rings. The van der Waals surface area contributed by atoms with Crippen LogP contribution in [0.2, 0.25) is 0 Å². The SMILES string of the molecule is NC1C(=O)N2C=C(CSc3cn[nH]n3)CS[C@H]12. The van der Waals surface area contributed by atoms with Gasteiger partial charge in [-0.1, -0.05) is 11.8 Å². The molecule has 8 heteroatoms. The minimum absolute atomic E-state index is 0.0196. The number of amides is 1. The zero-order valence-corrected chi connectivity index (χ0v) is 10.5. The van der Waals surface area contributed by atoms with Crippen molar-refractivity contribution in [1.29, 1.82) is 0 Å². The van der Waals surface area contributed by atoms with Crippen molar-refractivity contribution in [2.75, 3.05) is 11.5 Å². The molecule has 90 valence electrons. The molecular formula is C9H11N5OS2. The van der Waals surface area contributed by atoms with Crippen molar-refractivity contribution in [3.8, 4) is 0 Å². The third-order valence-electron chi connectivity index (χ3n) is 2.68. The quantitative estimate of drug-likeness (QED) is 0.594. The van der Waals surface area contributed by atoms with Gasteiger partial charge in [0.1, 0.15) is 16.4 Å². The van der Waals surface area contributed by atoms with Crippen molar-refractivity contribution in [2.24, 2.45) is 5.73 Å². The Morgan fingerprint density at radius 1 is 1.71 bits per heavy atom. The number of nitrogens with two attached hydrogens (primary N) is 1. The number of aromatic nitrogens is 3. The Morgan fingerprint density at radius 3 is 3.35 bits per heavy atom. The van der Waals surface area contributed by atoms with E-state index in [1.165, 1.54) is 5.57 Å². The Labute approximate surface area is 106 Å². The summed E-state index contributed by atoms with van der Waals surface area (Å²) in [5, 5.41) is 11.3. The largest absolute Gasteiger partial charge is 0.317 e. The molecule has 0 aliphatic carbocycles. The number of nitrogens with one attached hydrogen (secondary N) is 1. The molecule has 1 unspecified atom stereocenters. The number of hydrogen-bond donors (Lipinski definition) is 2. The highest BCUT2D eigenvalue weighted by atomic mass is 32.2. The zero-order valence-electron chi connectivity index (χ0n) is 8.87. The second-order valence-electron chi connectivity index (χ2n) is 3.86. The van der Waals surface area contributed by atoms with Gasteiger partial charge in [-0.2, -0.15) is 10.3 Å². The van der Waals surface area contributed by atoms with Crippen molar-refractivity contribution in [3.05, 3.63) is 18.0 Å². The molecule has 1 aromatic heterocycles. The maximum atomic E-state index is 11.5. The minimum Gasteiger partial charge on any atom is -0.317 e. The standard InChI is InChI=1S/C9H11N5OS2/c10-7-8(15)14-2-5(4-17-9(7)14)3-16-6-1-11-13-12-6/h1-2,7,9H,3-4,10H2,(H,11,12,13)/t7?,9-/m1/s1. The lowest BCUT2D eigenvalue weighted by Crippen LogP contribution is -2.66. The number of carbonyl (C=O) groups excluding carboxylic acids is 1. The molecule has 0 aromatic carbocycles. The Kier molecular flexibility index (Phi) is 2.85. The first kappa shape index (κ1) is 11.1. The molecule has 2 aliphatic heterocycles. The van der Waals surface area contributed by atoms with E-state index in [1.54, 1.807) is 34.6 Å². The maximum Gasteiger partial charge on any atom is 0.247 e. The first-order valence-electron chi connectivity index (χ1n) is 5.13. The molecule has 3 heterocycles. The van der Waals surface area contributed by atoms with E-state index >= 15 is 0 Å². The van der Waals surface area contributed by atoms with Gasteiger partial charge in [0.15, 0.2) is 0 Å². The van der Waals surface area contributed by atoms with Crippen molar-refractivity contribution in [2.45, 2.75) is 16.4 Å². The van der Waals surface area contributed by atoms with E-state index in [2.05, 4.69) is 15.4 Å². The molecule has 1 aromatic rings. The van der Waals surface area contributed by atoms with Crippen molar-refractivity contribution in [3.63, 3.8) is 0 Å². The van der Waals surface area contributed by atoms with E-state index in [0.717, 1.165) is 16.5 Å². The van der Waals surface area contributed by atoms with Crippen LogP contribution in [0.5, 0.6) is 0 Å². The molecule has 0 radical (unpaired) electrons. The van der Waals surface area contributed by atoms with Gasteiger partial charge in [-0.25, -0.2) is 0 Å². The second kappa shape index (κ2) is 4.35. The summed E-state index contributed by atoms with van der Waals surface area (Å²) in [5.41, 5.74) is 6.93. The van der Waals surface area contributed by atoms with Crippen LogP contribution in [-0.4, -0.2) is 49.1 Å². The minimum atomic E-state index is -0.319. The summed E-state index contributed by atoms with van der Waals surface area (Å²) in [4.78, 5) is 13.2. The van der Waals surface area contributed by atoms with Gasteiger partial charge in [0.05, 0.1) is 6.20 Å². The van der Waals surface area contributed by atoms with E-state index in [4.69, 9.17) is 5.73 Å². The summed E-state index contributed by atoms with van der Waals surface area (Å²) in [6, 6.07) is -0.319. The molecule has 3 rings (SSSR count). The Morgan fingerprint density at radius 2 is 2.59 bits per heavy atom. The van der Waals surface area contributed by atoms with E-state index in [0.29, 0.717) is 0 Å². The van der Waals surface area contributed by atoms with Gasteiger partial charge in [-0.3, -0.25) is 4.79 Å². The number of nitrogens with zero attached hydrogens (tertiary/aromatic N) is 3. The number of H-pyrrole nitrogens is 1. The van der Waals surface area contributed by atoms with Crippen LogP contribution in [0.15, 0.2) is 23.0 Å². The number of fused-ring (bicyclic) bond motifs is 1. The van der Waals surface area contributed by atoms with E-state index in [-0.39, 0.29) is 17.3 Å². The second-order valence-corrected chi connectivity index (χ2v) is 5.96. The topological polar surface area (TPSA) is 87.9 Å². The number of rotatable bonds is 3. The molecule has 0 saturated carbocycles. The average Bonchev–Trinajstić information content (AvgIpc) is 2.88. The fourth-order valence-electron chi connectivity index (χ4n) is 1.76. The Bertz CT molecular complexity index is 460. The summed E-state index contributed by atoms with van der Waals surface area (Å²) in [6.07, 6.45) is 3.62. The molecule has 6 nitrogen and oxygen atoms in total. The molecule has 17 heavy (non-hydrogen) atoms. The Hall–Kier alpha value is -0.990. The predicted molar refractivity (Wildman–Crippen MR) is 66.3 cm³/mol. The smallest absolute Gasteiger partial charge is 0.247 e. The molecule has 1 amide bonds. The third-order valence-corrected chi connectivity index (χ3v) is 5.09. The van der Waals surface area contributed by atoms with E-state index < -0.39 is 0 Å². The molecule has 0 bridgehead atoms. The molecule has 1 saturated heterocycles. The van der Waals surface area contributed by atoms with E-state index in [9.17, 15) is 4.79 Å². The van der Waals surface area contributed by atoms with Crippen LogP contribution in [-0.2, 0) is 4.79 Å². The van der Waals surface area contributed by atoms with Gasteiger partial charge in [0.25, 0.3) is 0 Å². The highest BCUT2D eigenvalue weighted by Gasteiger charge is 2.46. The van der Waals surface area contributed by atoms with Crippen molar-refractivity contribution < 1.29 is 4.79 Å². The summed E-state index contributed by atoms with van der Waals surface area (Å²) < 4.78 is 0. The van der Waals surface area contributed by atoms with Crippen molar-refractivity contribution in [1.82, 2.24) is 20.3 Å². The van der Waals surface area contributed by atoms with Crippen LogP contribution in [0.1, 0.15) is 0 Å². The summed E-state index contributed by atoms with van der Waals surface area (Å²) in [5.74, 6) is 1.77. The van der Waals surface area contributed by atoms with Gasteiger partial charge >= 0.3 is 0 Å². The lowest BCUT2D eigenvalue weighted by Gasteiger charge is -2.45. The van der Waals surface area contributed by atoms with Crippen LogP contribution in [0.25, 0.3) is 0 Å². The summed E-state index contributed by atoms with van der Waals surface area (Å²) >= 11 is 3.33. The average molecular weight is 269 g/mol. The lowest BCUT2D eigenvalue weighted by atomic mass is 10.1. The number of β-lactam (4-membered cyclic amide) rings is 1. The zero-order chi connectivity index (χ0) is 11.8. The van der Waals surface area contributed by atoms with Crippen LogP contribution < -0.4 is 5.73 Å².